The third-order valence-corrected chi connectivity index (χ3v) is 4.61. The highest BCUT2D eigenvalue weighted by Gasteiger charge is 2.53. The van der Waals surface area contributed by atoms with E-state index in [2.05, 4.69) is 27.4 Å². The SMILES string of the molecule is C=C(C)C[C@H]1CC[C@@H]2C[C@H]1C2(C)C. The van der Waals surface area contributed by atoms with E-state index in [-0.39, 0.29) is 0 Å². The largest absolute Gasteiger partial charge is 0.100 e. The number of hydrogen-bond donors (Lipinski definition) is 0. The van der Waals surface area contributed by atoms with Crippen molar-refractivity contribution >= 4 is 0 Å². The normalized spacial score (nSPS) is 41.0. The Morgan fingerprint density at radius 1 is 1.38 bits per heavy atom. The highest BCUT2D eigenvalue weighted by atomic mass is 14.6. The molecule has 3 aliphatic carbocycles. The van der Waals surface area contributed by atoms with E-state index in [9.17, 15) is 0 Å². The monoisotopic (exact) mass is 178 g/mol. The van der Waals surface area contributed by atoms with E-state index in [1.165, 1.54) is 31.3 Å². The maximum absolute atomic E-state index is 4.05. The van der Waals surface area contributed by atoms with E-state index in [0.29, 0.717) is 5.41 Å². The summed E-state index contributed by atoms with van der Waals surface area (Å²) in [6.07, 6.45) is 5.72. The molecule has 0 aromatic carbocycles. The summed E-state index contributed by atoms with van der Waals surface area (Å²) in [4.78, 5) is 0. The molecule has 3 saturated carbocycles. The van der Waals surface area contributed by atoms with Crippen molar-refractivity contribution in [1.82, 2.24) is 0 Å². The summed E-state index contributed by atoms with van der Waals surface area (Å²) in [6, 6.07) is 0. The molecule has 0 saturated heterocycles. The summed E-state index contributed by atoms with van der Waals surface area (Å²) in [5, 5.41) is 0. The highest BCUT2D eigenvalue weighted by Crippen LogP contribution is 2.62. The Balaban J connectivity index is 2.03. The Bertz CT molecular complexity index is 222. The van der Waals surface area contributed by atoms with Crippen molar-refractivity contribution in [2.45, 2.75) is 46.5 Å². The average Bonchev–Trinajstić information content (AvgIpc) is 2.03. The van der Waals surface area contributed by atoms with Crippen LogP contribution >= 0.6 is 0 Å². The minimum absolute atomic E-state index is 0.651. The molecule has 0 heteroatoms. The van der Waals surface area contributed by atoms with Crippen LogP contribution in [0.3, 0.4) is 0 Å². The molecule has 0 N–H and O–H groups in total. The van der Waals surface area contributed by atoms with E-state index >= 15 is 0 Å². The van der Waals surface area contributed by atoms with Crippen molar-refractivity contribution < 1.29 is 0 Å². The summed E-state index contributed by atoms with van der Waals surface area (Å²) in [6.45, 7) is 11.2. The van der Waals surface area contributed by atoms with E-state index < -0.39 is 0 Å². The molecule has 3 aliphatic rings. The van der Waals surface area contributed by atoms with Crippen molar-refractivity contribution in [2.75, 3.05) is 0 Å². The van der Waals surface area contributed by atoms with Gasteiger partial charge in [0.25, 0.3) is 0 Å². The summed E-state index contributed by atoms with van der Waals surface area (Å²) >= 11 is 0. The second-order valence-corrected chi connectivity index (χ2v) is 5.86. The van der Waals surface area contributed by atoms with Crippen LogP contribution < -0.4 is 0 Å². The van der Waals surface area contributed by atoms with E-state index in [1.54, 1.807) is 0 Å². The van der Waals surface area contributed by atoms with Crippen LogP contribution in [0.5, 0.6) is 0 Å². The summed E-state index contributed by atoms with van der Waals surface area (Å²) in [5.74, 6) is 3.00. The smallest absolute Gasteiger partial charge is 0.0294 e. The molecular weight excluding hydrogens is 156 g/mol. The molecule has 13 heavy (non-hydrogen) atoms. The van der Waals surface area contributed by atoms with Gasteiger partial charge in [-0.1, -0.05) is 19.4 Å². The second kappa shape index (κ2) is 2.87. The van der Waals surface area contributed by atoms with Gasteiger partial charge in [-0.3, -0.25) is 0 Å². The molecule has 0 amide bonds. The van der Waals surface area contributed by atoms with Gasteiger partial charge in [-0.2, -0.15) is 0 Å². The third kappa shape index (κ3) is 1.35. The molecule has 3 rings (SSSR count). The minimum atomic E-state index is 0.651. The molecule has 0 unspecified atom stereocenters. The fourth-order valence-electron chi connectivity index (χ4n) is 3.65. The van der Waals surface area contributed by atoms with E-state index in [4.69, 9.17) is 0 Å². The van der Waals surface area contributed by atoms with Crippen LogP contribution in [0.4, 0.5) is 0 Å². The van der Waals surface area contributed by atoms with Crippen LogP contribution in [-0.2, 0) is 0 Å². The molecule has 3 fully saturated rings. The standard InChI is InChI=1S/C13H22/c1-9(2)7-10-5-6-11-8-12(10)13(11,3)4/h10-12H,1,5-8H2,2-4H3/t10-,11-,12-/m1/s1. The van der Waals surface area contributed by atoms with Gasteiger partial charge < -0.3 is 0 Å². The first-order valence-corrected chi connectivity index (χ1v) is 5.66. The number of allylic oxidation sites excluding steroid dienone is 1. The quantitative estimate of drug-likeness (QED) is 0.560. The maximum atomic E-state index is 4.05. The topological polar surface area (TPSA) is 0 Å². The lowest BCUT2D eigenvalue weighted by Crippen LogP contribution is -2.52. The van der Waals surface area contributed by atoms with E-state index in [1.807, 2.05) is 0 Å². The first kappa shape index (κ1) is 9.30. The molecule has 0 aromatic rings. The lowest BCUT2D eigenvalue weighted by molar-refractivity contribution is -0.104. The molecule has 0 nitrogen and oxygen atoms in total. The van der Waals surface area contributed by atoms with Gasteiger partial charge in [0.2, 0.25) is 0 Å². The molecular formula is C13H22. The van der Waals surface area contributed by atoms with Gasteiger partial charge in [0.1, 0.15) is 0 Å². The van der Waals surface area contributed by atoms with Crippen molar-refractivity contribution in [3.63, 3.8) is 0 Å². The Morgan fingerprint density at radius 2 is 2.08 bits per heavy atom. The average molecular weight is 178 g/mol. The zero-order chi connectivity index (χ0) is 9.64. The molecule has 3 atom stereocenters. The van der Waals surface area contributed by atoms with Crippen molar-refractivity contribution in [3.8, 4) is 0 Å². The molecule has 0 radical (unpaired) electrons. The van der Waals surface area contributed by atoms with Gasteiger partial charge >= 0.3 is 0 Å². The molecule has 0 spiro atoms. The Kier molecular flexibility index (Phi) is 2.05. The molecule has 0 aromatic heterocycles. The van der Waals surface area contributed by atoms with Crippen molar-refractivity contribution in [3.05, 3.63) is 12.2 Å². The minimum Gasteiger partial charge on any atom is -0.100 e. The maximum Gasteiger partial charge on any atom is -0.0294 e. The first-order valence-electron chi connectivity index (χ1n) is 5.66. The van der Waals surface area contributed by atoms with Gasteiger partial charge in [-0.25, -0.2) is 0 Å². The lowest BCUT2D eigenvalue weighted by Gasteiger charge is -2.60. The van der Waals surface area contributed by atoms with Crippen LogP contribution in [0.25, 0.3) is 0 Å². The van der Waals surface area contributed by atoms with Gasteiger partial charge in [-0.05, 0) is 55.8 Å². The zero-order valence-electron chi connectivity index (χ0n) is 9.27. The Hall–Kier alpha value is -0.260. The van der Waals surface area contributed by atoms with Gasteiger partial charge in [-0.15, -0.1) is 6.58 Å². The van der Waals surface area contributed by atoms with Crippen LogP contribution in [0.15, 0.2) is 12.2 Å². The summed E-state index contributed by atoms with van der Waals surface area (Å²) < 4.78 is 0. The van der Waals surface area contributed by atoms with Gasteiger partial charge in [0.05, 0.1) is 0 Å². The number of fused-ring (bicyclic) bond motifs is 2. The second-order valence-electron chi connectivity index (χ2n) is 5.86. The van der Waals surface area contributed by atoms with Gasteiger partial charge in [0.15, 0.2) is 0 Å². The third-order valence-electron chi connectivity index (χ3n) is 4.61. The van der Waals surface area contributed by atoms with E-state index in [0.717, 1.165) is 17.8 Å². The molecule has 2 bridgehead atoms. The van der Waals surface area contributed by atoms with Crippen LogP contribution in [0.1, 0.15) is 46.5 Å². The lowest BCUT2D eigenvalue weighted by atomic mass is 9.45. The predicted molar refractivity (Wildman–Crippen MR) is 57.5 cm³/mol. The number of rotatable bonds is 2. The van der Waals surface area contributed by atoms with Crippen molar-refractivity contribution in [2.24, 2.45) is 23.2 Å². The molecule has 0 aliphatic heterocycles. The Morgan fingerprint density at radius 3 is 2.54 bits per heavy atom. The van der Waals surface area contributed by atoms with Gasteiger partial charge in [0, 0.05) is 0 Å². The molecule has 0 heterocycles. The fraction of sp³-hybridized carbons (Fsp3) is 0.846. The highest BCUT2D eigenvalue weighted by molar-refractivity contribution is 5.06. The van der Waals surface area contributed by atoms with Crippen molar-refractivity contribution in [1.29, 1.82) is 0 Å². The van der Waals surface area contributed by atoms with Crippen LogP contribution in [0, 0.1) is 23.2 Å². The Labute approximate surface area is 82.4 Å². The zero-order valence-corrected chi connectivity index (χ0v) is 9.27. The van der Waals surface area contributed by atoms with Crippen LogP contribution in [-0.4, -0.2) is 0 Å². The predicted octanol–water partition coefficient (Wildman–Crippen LogP) is 4.02. The summed E-state index contributed by atoms with van der Waals surface area (Å²) in [5.41, 5.74) is 2.03. The number of hydrogen-bond acceptors (Lipinski definition) is 0. The van der Waals surface area contributed by atoms with Crippen LogP contribution in [0.2, 0.25) is 0 Å². The first-order chi connectivity index (χ1) is 6.01. The summed E-state index contributed by atoms with van der Waals surface area (Å²) in [7, 11) is 0. The fourth-order valence-corrected chi connectivity index (χ4v) is 3.65. The molecule has 74 valence electrons.